The van der Waals surface area contributed by atoms with Crippen LogP contribution in [0.25, 0.3) is 0 Å². The highest BCUT2D eigenvalue weighted by molar-refractivity contribution is 7.97. The summed E-state index contributed by atoms with van der Waals surface area (Å²) in [5, 5.41) is 4.83. The van der Waals surface area contributed by atoms with Crippen LogP contribution in [0.3, 0.4) is 0 Å². The van der Waals surface area contributed by atoms with Gasteiger partial charge in [-0.05, 0) is 12.1 Å². The SMILES string of the molecule is ClC1=CC(Cl)=NN(Sc2ccccc2)N1. The largest absolute Gasteiger partial charge is 0.260 e. The van der Waals surface area contributed by atoms with Crippen LogP contribution < -0.4 is 5.43 Å². The second-order valence-electron chi connectivity index (χ2n) is 2.70. The summed E-state index contributed by atoms with van der Waals surface area (Å²) in [6.07, 6.45) is 1.55. The summed E-state index contributed by atoms with van der Waals surface area (Å²) in [6.45, 7) is 0. The molecule has 0 aliphatic carbocycles. The van der Waals surface area contributed by atoms with Crippen LogP contribution in [0.5, 0.6) is 0 Å². The van der Waals surface area contributed by atoms with E-state index in [-0.39, 0.29) is 0 Å². The Labute approximate surface area is 102 Å². The molecule has 0 amide bonds. The Morgan fingerprint density at radius 3 is 2.60 bits per heavy atom. The van der Waals surface area contributed by atoms with Gasteiger partial charge in [0.1, 0.15) is 5.16 Å². The number of halogens is 2. The van der Waals surface area contributed by atoms with Gasteiger partial charge in [-0.1, -0.05) is 41.4 Å². The highest BCUT2D eigenvalue weighted by Gasteiger charge is 2.11. The Morgan fingerprint density at radius 1 is 1.20 bits per heavy atom. The highest BCUT2D eigenvalue weighted by atomic mass is 35.5. The number of nitrogens with zero attached hydrogens (tertiary/aromatic N) is 2. The van der Waals surface area contributed by atoms with Gasteiger partial charge in [0.25, 0.3) is 0 Å². The molecule has 0 unspecified atom stereocenters. The van der Waals surface area contributed by atoms with Crippen molar-refractivity contribution in [2.75, 3.05) is 0 Å². The molecule has 15 heavy (non-hydrogen) atoms. The van der Waals surface area contributed by atoms with Crippen molar-refractivity contribution in [3.05, 3.63) is 41.6 Å². The fourth-order valence-electron chi connectivity index (χ4n) is 0.993. The first-order valence-corrected chi connectivity index (χ1v) is 5.68. The molecule has 0 saturated heterocycles. The summed E-state index contributed by atoms with van der Waals surface area (Å²) >= 11 is 13.0. The van der Waals surface area contributed by atoms with Gasteiger partial charge < -0.3 is 0 Å². The Hall–Kier alpha value is -0.840. The summed E-state index contributed by atoms with van der Waals surface area (Å²) in [5.41, 5.74) is 2.85. The van der Waals surface area contributed by atoms with Crippen LogP contribution in [-0.4, -0.2) is 9.69 Å². The van der Waals surface area contributed by atoms with Crippen LogP contribution in [0, 0.1) is 0 Å². The first kappa shape index (κ1) is 10.7. The van der Waals surface area contributed by atoms with Crippen molar-refractivity contribution in [2.24, 2.45) is 5.10 Å². The van der Waals surface area contributed by atoms with Crippen LogP contribution in [-0.2, 0) is 0 Å². The standard InChI is InChI=1S/C9H7Cl2N3S/c10-8-6-9(11)13-14(12-8)15-7-4-2-1-3-5-7/h1-6,12H. The van der Waals surface area contributed by atoms with Crippen molar-refractivity contribution in [1.82, 2.24) is 9.95 Å². The molecule has 78 valence electrons. The fourth-order valence-corrected chi connectivity index (χ4v) is 2.26. The third-order valence-corrected chi connectivity index (χ3v) is 2.78. The number of hydrazone groups is 1. The zero-order valence-corrected chi connectivity index (χ0v) is 9.85. The van der Waals surface area contributed by atoms with E-state index in [4.69, 9.17) is 23.2 Å². The number of hydrazine groups is 1. The number of hydrogen-bond acceptors (Lipinski definition) is 4. The number of rotatable bonds is 2. The normalized spacial score (nSPS) is 15.5. The van der Waals surface area contributed by atoms with Crippen LogP contribution in [0.4, 0.5) is 0 Å². The lowest BCUT2D eigenvalue weighted by atomic mass is 10.4. The van der Waals surface area contributed by atoms with E-state index in [0.29, 0.717) is 10.3 Å². The van der Waals surface area contributed by atoms with Crippen molar-refractivity contribution in [3.8, 4) is 0 Å². The molecule has 0 radical (unpaired) electrons. The van der Waals surface area contributed by atoms with E-state index in [0.717, 1.165) is 4.90 Å². The Balaban J connectivity index is 2.06. The van der Waals surface area contributed by atoms with Gasteiger partial charge in [-0.25, -0.2) is 0 Å². The van der Waals surface area contributed by atoms with Crippen LogP contribution in [0.15, 0.2) is 51.6 Å². The van der Waals surface area contributed by atoms with Gasteiger partial charge in [0.05, 0.1) is 0 Å². The van der Waals surface area contributed by atoms with Crippen molar-refractivity contribution < 1.29 is 0 Å². The average molecular weight is 260 g/mol. The Kier molecular flexibility index (Phi) is 3.41. The summed E-state index contributed by atoms with van der Waals surface area (Å²) in [4.78, 5) is 1.05. The molecule has 3 nitrogen and oxygen atoms in total. The zero-order chi connectivity index (χ0) is 10.7. The van der Waals surface area contributed by atoms with Crippen LogP contribution in [0.1, 0.15) is 0 Å². The lowest BCUT2D eigenvalue weighted by Gasteiger charge is -2.21. The van der Waals surface area contributed by atoms with Gasteiger partial charge in [-0.15, -0.1) is 9.62 Å². The molecule has 0 fully saturated rings. The van der Waals surface area contributed by atoms with Crippen molar-refractivity contribution in [1.29, 1.82) is 0 Å². The van der Waals surface area contributed by atoms with Gasteiger partial charge >= 0.3 is 0 Å². The molecule has 1 heterocycles. The first-order valence-electron chi connectivity index (χ1n) is 4.15. The zero-order valence-electron chi connectivity index (χ0n) is 7.52. The molecule has 0 atom stereocenters. The van der Waals surface area contributed by atoms with E-state index in [2.05, 4.69) is 10.5 Å². The molecular weight excluding hydrogens is 253 g/mol. The van der Waals surface area contributed by atoms with Crippen molar-refractivity contribution in [3.63, 3.8) is 0 Å². The van der Waals surface area contributed by atoms with Gasteiger partial charge in [-0.3, -0.25) is 5.43 Å². The second-order valence-corrected chi connectivity index (χ2v) is 4.50. The monoisotopic (exact) mass is 259 g/mol. The molecule has 0 spiro atoms. The second kappa shape index (κ2) is 4.79. The van der Waals surface area contributed by atoms with Gasteiger partial charge in [0.15, 0.2) is 5.17 Å². The first-order chi connectivity index (χ1) is 7.24. The molecule has 1 N–H and O–H groups in total. The predicted molar refractivity (Wildman–Crippen MR) is 64.5 cm³/mol. The summed E-state index contributed by atoms with van der Waals surface area (Å²) < 4.78 is 1.51. The van der Waals surface area contributed by atoms with E-state index in [1.807, 2.05) is 30.3 Å². The molecule has 0 bridgehead atoms. The maximum Gasteiger partial charge on any atom is 0.155 e. The van der Waals surface area contributed by atoms with E-state index >= 15 is 0 Å². The lowest BCUT2D eigenvalue weighted by Crippen LogP contribution is -2.28. The highest BCUT2D eigenvalue weighted by Crippen LogP contribution is 2.24. The molecule has 2 rings (SSSR count). The molecule has 1 aromatic rings. The molecular formula is C9H7Cl2N3S. The number of nitrogens with one attached hydrogen (secondary N) is 1. The van der Waals surface area contributed by atoms with E-state index < -0.39 is 0 Å². The summed E-state index contributed by atoms with van der Waals surface area (Å²) in [7, 11) is 0. The Bertz CT molecular complexity index is 405. The quantitative estimate of drug-likeness (QED) is 0.653. The molecule has 0 aromatic heterocycles. The van der Waals surface area contributed by atoms with Gasteiger partial charge in [0, 0.05) is 22.9 Å². The van der Waals surface area contributed by atoms with Gasteiger partial charge in [0.2, 0.25) is 0 Å². The fraction of sp³-hybridized carbons (Fsp3) is 0. The van der Waals surface area contributed by atoms with Crippen LogP contribution in [0.2, 0.25) is 0 Å². The minimum atomic E-state index is 0.349. The number of allylic oxidation sites excluding steroid dienone is 1. The van der Waals surface area contributed by atoms with Crippen molar-refractivity contribution in [2.45, 2.75) is 4.90 Å². The number of hydrogen-bond donors (Lipinski definition) is 1. The maximum atomic E-state index is 5.80. The Morgan fingerprint density at radius 2 is 1.93 bits per heavy atom. The minimum absolute atomic E-state index is 0.349. The molecule has 1 aliphatic heterocycles. The molecule has 1 aromatic carbocycles. The maximum absolute atomic E-state index is 5.80. The lowest BCUT2D eigenvalue weighted by molar-refractivity contribution is 0.423. The smallest absolute Gasteiger partial charge is 0.155 e. The molecule has 1 aliphatic rings. The molecule has 6 heteroatoms. The minimum Gasteiger partial charge on any atom is -0.260 e. The van der Waals surface area contributed by atoms with Crippen LogP contribution >= 0.6 is 35.1 Å². The summed E-state index contributed by atoms with van der Waals surface area (Å²) in [6, 6.07) is 9.81. The van der Waals surface area contributed by atoms with E-state index in [9.17, 15) is 0 Å². The molecule has 0 saturated carbocycles. The predicted octanol–water partition coefficient (Wildman–Crippen LogP) is 3.15. The van der Waals surface area contributed by atoms with E-state index in [1.165, 1.54) is 16.5 Å². The summed E-state index contributed by atoms with van der Waals surface area (Å²) in [5.74, 6) is 0. The number of benzene rings is 1. The van der Waals surface area contributed by atoms with Gasteiger partial charge in [-0.2, -0.15) is 0 Å². The van der Waals surface area contributed by atoms with Crippen molar-refractivity contribution >= 4 is 40.3 Å². The van der Waals surface area contributed by atoms with E-state index in [1.54, 1.807) is 6.08 Å². The third-order valence-electron chi connectivity index (χ3n) is 1.57. The third kappa shape index (κ3) is 3.06. The topological polar surface area (TPSA) is 27.6 Å². The average Bonchev–Trinajstić information content (AvgIpc) is 2.17.